The first-order valence-corrected chi connectivity index (χ1v) is 10.4. The summed E-state index contributed by atoms with van der Waals surface area (Å²) in [5, 5.41) is 39.6. The Morgan fingerprint density at radius 2 is 1.86 bits per heavy atom. The van der Waals surface area contributed by atoms with Crippen LogP contribution in [0.15, 0.2) is 11.6 Å². The maximum Gasteiger partial charge on any atom is 0.335 e. The Kier molecular flexibility index (Phi) is 6.51. The van der Waals surface area contributed by atoms with Gasteiger partial charge in [0.15, 0.2) is 12.4 Å². The molecule has 4 N–H and O–H groups in total. The van der Waals surface area contributed by atoms with Crippen molar-refractivity contribution in [3.05, 3.63) is 11.6 Å². The second-order valence-corrected chi connectivity index (χ2v) is 9.26. The Hall–Kier alpha value is -0.990. The highest BCUT2D eigenvalue weighted by Crippen LogP contribution is 2.50. The van der Waals surface area contributed by atoms with Crippen LogP contribution in [-0.4, -0.2) is 63.2 Å². The molecule has 28 heavy (non-hydrogen) atoms. The van der Waals surface area contributed by atoms with E-state index >= 15 is 0 Å². The highest BCUT2D eigenvalue weighted by Gasteiger charge is 2.50. The summed E-state index contributed by atoms with van der Waals surface area (Å²) < 4.78 is 11.5. The smallest absolute Gasteiger partial charge is 0.335 e. The van der Waals surface area contributed by atoms with E-state index in [9.17, 15) is 25.2 Å². The van der Waals surface area contributed by atoms with Gasteiger partial charge in [0.25, 0.3) is 0 Å². The number of hydrogen-bond acceptors (Lipinski definition) is 6. The Morgan fingerprint density at radius 3 is 2.46 bits per heavy atom. The fraction of sp³-hybridized carbons (Fsp3) is 0.857. The number of aliphatic carboxylic acids is 1. The Morgan fingerprint density at radius 1 is 1.18 bits per heavy atom. The van der Waals surface area contributed by atoms with E-state index in [-0.39, 0.29) is 12.0 Å². The van der Waals surface area contributed by atoms with Crippen LogP contribution in [0.25, 0.3) is 0 Å². The monoisotopic (exact) mass is 398 g/mol. The van der Waals surface area contributed by atoms with Crippen molar-refractivity contribution < 1.29 is 34.7 Å². The SMILES string of the molecule is CC1=C[C@@H](OC2OC(C(=O)O)C(O)C(O)C2O)[C@@H]2[C@@H](C1)[C@H](C(C)C)CC[C@@H]2C. The lowest BCUT2D eigenvalue weighted by Gasteiger charge is -2.50. The van der Waals surface area contributed by atoms with Crippen molar-refractivity contribution in [3.8, 4) is 0 Å². The number of allylic oxidation sites excluding steroid dienone is 1. The van der Waals surface area contributed by atoms with Gasteiger partial charge in [-0.1, -0.05) is 38.8 Å². The molecule has 0 amide bonds. The van der Waals surface area contributed by atoms with E-state index in [1.807, 2.05) is 6.08 Å². The summed E-state index contributed by atoms with van der Waals surface area (Å²) >= 11 is 0. The van der Waals surface area contributed by atoms with Crippen LogP contribution in [-0.2, 0) is 14.3 Å². The van der Waals surface area contributed by atoms with Crippen LogP contribution in [0.1, 0.15) is 47.0 Å². The molecule has 2 aliphatic carbocycles. The predicted octanol–water partition coefficient (Wildman–Crippen LogP) is 1.55. The molecule has 3 rings (SSSR count). The number of carbonyl (C=O) groups is 1. The average molecular weight is 398 g/mol. The first kappa shape index (κ1) is 21.7. The summed E-state index contributed by atoms with van der Waals surface area (Å²) in [5.41, 5.74) is 1.21. The minimum atomic E-state index is -1.71. The molecule has 7 heteroatoms. The van der Waals surface area contributed by atoms with Gasteiger partial charge in [0.05, 0.1) is 6.10 Å². The molecule has 1 aliphatic heterocycles. The van der Waals surface area contributed by atoms with E-state index in [0.717, 1.165) is 12.8 Å². The van der Waals surface area contributed by atoms with E-state index in [4.69, 9.17) is 9.47 Å². The molecule has 1 heterocycles. The fourth-order valence-electron chi connectivity index (χ4n) is 5.53. The summed E-state index contributed by atoms with van der Waals surface area (Å²) in [6.45, 7) is 8.80. The van der Waals surface area contributed by atoms with Crippen LogP contribution < -0.4 is 0 Å². The molecule has 0 aromatic heterocycles. The Bertz CT molecular complexity index is 604. The topological polar surface area (TPSA) is 116 Å². The zero-order chi connectivity index (χ0) is 20.7. The first-order valence-electron chi connectivity index (χ1n) is 10.4. The first-order chi connectivity index (χ1) is 13.1. The van der Waals surface area contributed by atoms with E-state index in [0.29, 0.717) is 23.7 Å². The van der Waals surface area contributed by atoms with Gasteiger partial charge in [-0.25, -0.2) is 4.79 Å². The van der Waals surface area contributed by atoms with Crippen molar-refractivity contribution in [1.29, 1.82) is 0 Å². The van der Waals surface area contributed by atoms with Gasteiger partial charge in [-0.2, -0.15) is 0 Å². The molecule has 5 unspecified atom stereocenters. The molecule has 0 bridgehead atoms. The molecule has 10 atom stereocenters. The summed E-state index contributed by atoms with van der Waals surface area (Å²) in [5.74, 6) is 0.897. The van der Waals surface area contributed by atoms with E-state index < -0.39 is 36.7 Å². The molecule has 3 aliphatic rings. The van der Waals surface area contributed by atoms with E-state index in [1.165, 1.54) is 12.0 Å². The second kappa shape index (κ2) is 8.40. The number of aliphatic hydroxyl groups excluding tert-OH is 3. The second-order valence-electron chi connectivity index (χ2n) is 9.26. The molecule has 0 radical (unpaired) electrons. The highest BCUT2D eigenvalue weighted by atomic mass is 16.7. The lowest BCUT2D eigenvalue weighted by Crippen LogP contribution is -2.61. The van der Waals surface area contributed by atoms with Crippen molar-refractivity contribution >= 4 is 5.97 Å². The van der Waals surface area contributed by atoms with Crippen molar-refractivity contribution in [2.24, 2.45) is 29.6 Å². The average Bonchev–Trinajstić information content (AvgIpc) is 2.61. The van der Waals surface area contributed by atoms with E-state index in [1.54, 1.807) is 0 Å². The lowest BCUT2D eigenvalue weighted by molar-refractivity contribution is -0.307. The minimum absolute atomic E-state index is 0.243. The maximum absolute atomic E-state index is 11.4. The van der Waals surface area contributed by atoms with Gasteiger partial charge in [0.1, 0.15) is 18.3 Å². The number of carboxylic acid groups (broad SMARTS) is 1. The van der Waals surface area contributed by atoms with Gasteiger partial charge in [0.2, 0.25) is 0 Å². The molecule has 7 nitrogen and oxygen atoms in total. The Labute approximate surface area is 166 Å². The zero-order valence-corrected chi connectivity index (χ0v) is 17.1. The summed E-state index contributed by atoms with van der Waals surface area (Å²) in [6, 6.07) is 0. The zero-order valence-electron chi connectivity index (χ0n) is 17.1. The molecular formula is C21H34O7. The molecule has 0 aromatic rings. The van der Waals surface area contributed by atoms with Crippen LogP contribution in [0, 0.1) is 29.6 Å². The standard InChI is InChI=1S/C21H34O7/c1-9(2)12-6-5-11(4)15-13(12)7-10(3)8-14(15)27-21-18(24)16(22)17(23)19(28-21)20(25)26/h8-9,11-19,21-24H,5-7H2,1-4H3,(H,25,26)/t11-,12-,13-,14+,15-,16?,17?,18?,19?,21?/m0/s1. The minimum Gasteiger partial charge on any atom is -0.479 e. The van der Waals surface area contributed by atoms with Gasteiger partial charge < -0.3 is 29.9 Å². The summed E-state index contributed by atoms with van der Waals surface area (Å²) in [6.07, 6.45) is -2.78. The van der Waals surface area contributed by atoms with Crippen LogP contribution in [0.5, 0.6) is 0 Å². The third-order valence-electron chi connectivity index (χ3n) is 7.00. The Balaban J connectivity index is 1.83. The molecule has 0 aromatic carbocycles. The lowest BCUT2D eigenvalue weighted by atomic mass is 9.58. The number of rotatable bonds is 4. The third kappa shape index (κ3) is 4.00. The van der Waals surface area contributed by atoms with Gasteiger partial charge in [-0.15, -0.1) is 0 Å². The van der Waals surface area contributed by atoms with Gasteiger partial charge >= 0.3 is 5.97 Å². The molecule has 160 valence electrons. The van der Waals surface area contributed by atoms with Gasteiger partial charge in [0, 0.05) is 0 Å². The van der Waals surface area contributed by atoms with Crippen molar-refractivity contribution in [1.82, 2.24) is 0 Å². The quantitative estimate of drug-likeness (QED) is 0.531. The number of aliphatic hydroxyl groups is 3. The van der Waals surface area contributed by atoms with Gasteiger partial charge in [-0.05, 0) is 49.4 Å². The van der Waals surface area contributed by atoms with E-state index in [2.05, 4.69) is 27.7 Å². The number of ether oxygens (including phenoxy) is 2. The predicted molar refractivity (Wildman–Crippen MR) is 101 cm³/mol. The van der Waals surface area contributed by atoms with Crippen molar-refractivity contribution in [2.45, 2.75) is 83.8 Å². The molecule has 0 spiro atoms. The number of carboxylic acids is 1. The summed E-state index contributed by atoms with van der Waals surface area (Å²) in [7, 11) is 0. The van der Waals surface area contributed by atoms with Crippen molar-refractivity contribution in [2.75, 3.05) is 0 Å². The largest absolute Gasteiger partial charge is 0.479 e. The van der Waals surface area contributed by atoms with Crippen LogP contribution in [0.2, 0.25) is 0 Å². The van der Waals surface area contributed by atoms with Crippen LogP contribution in [0.3, 0.4) is 0 Å². The van der Waals surface area contributed by atoms with Crippen molar-refractivity contribution in [3.63, 3.8) is 0 Å². The fourth-order valence-corrected chi connectivity index (χ4v) is 5.53. The van der Waals surface area contributed by atoms with Crippen LogP contribution in [0.4, 0.5) is 0 Å². The molecule has 1 saturated carbocycles. The maximum atomic E-state index is 11.4. The number of fused-ring (bicyclic) bond motifs is 1. The summed E-state index contributed by atoms with van der Waals surface area (Å²) in [4.78, 5) is 11.4. The van der Waals surface area contributed by atoms with Gasteiger partial charge in [-0.3, -0.25) is 0 Å². The third-order valence-corrected chi connectivity index (χ3v) is 7.00. The van der Waals surface area contributed by atoms with Crippen LogP contribution >= 0.6 is 0 Å². The highest BCUT2D eigenvalue weighted by molar-refractivity contribution is 5.73. The number of hydrogen-bond donors (Lipinski definition) is 4. The molecular weight excluding hydrogens is 364 g/mol. The molecule has 1 saturated heterocycles. The molecule has 2 fully saturated rings. The normalized spacial score (nSPS) is 46.8.